The smallest absolute Gasteiger partial charge is 0.329 e. The molecule has 5 aromatic rings. The molecule has 1 aromatic heterocycles. The van der Waals surface area contributed by atoms with Gasteiger partial charge in [0.2, 0.25) is 0 Å². The maximum absolute atomic E-state index is 4.86. The molecular weight excluding hydrogens is 413 g/mol. The first kappa shape index (κ1) is 20.7. The molecule has 2 heterocycles. The van der Waals surface area contributed by atoms with E-state index in [9.17, 15) is 0 Å². The Balaban J connectivity index is 1.80. The van der Waals surface area contributed by atoms with E-state index in [1.165, 1.54) is 50.1 Å². The first-order valence-corrected chi connectivity index (χ1v) is 11.8. The molecule has 0 aliphatic carbocycles. The Hall–Kier alpha value is -3.92. The zero-order valence-corrected chi connectivity index (χ0v) is 20.0. The van der Waals surface area contributed by atoms with Crippen molar-refractivity contribution in [1.82, 2.24) is 9.97 Å². The summed E-state index contributed by atoms with van der Waals surface area (Å²) in [5.74, 6) is 0. The molecule has 1 aliphatic rings. The molecule has 1 aliphatic heterocycles. The standard InChI is InChI=1S/C30H26BN3/c1-19-13-14-23-27(17-19)34(26-12-8-6-10-21(26)3)31(24-11-7-5-9-20(24)2)25-18-22(4)29-30(28(23)25)33-16-15-32-29/h5-18H,1-4H3. The summed E-state index contributed by atoms with van der Waals surface area (Å²) < 4.78 is 0. The number of hydrogen-bond acceptors (Lipinski definition) is 3. The Labute approximate surface area is 201 Å². The van der Waals surface area contributed by atoms with Gasteiger partial charge in [-0.3, -0.25) is 9.97 Å². The number of nitrogens with zero attached hydrogens (tertiary/aromatic N) is 3. The number of para-hydroxylation sites is 1. The minimum Gasteiger partial charge on any atom is -0.376 e. The third kappa shape index (κ3) is 3.06. The van der Waals surface area contributed by atoms with Gasteiger partial charge in [0.15, 0.2) is 0 Å². The minimum absolute atomic E-state index is 0.0247. The van der Waals surface area contributed by atoms with E-state index in [0.717, 1.165) is 16.6 Å². The van der Waals surface area contributed by atoms with Crippen LogP contribution in [0.3, 0.4) is 0 Å². The minimum atomic E-state index is 0.0247. The van der Waals surface area contributed by atoms with E-state index in [4.69, 9.17) is 9.97 Å². The lowest BCUT2D eigenvalue weighted by Crippen LogP contribution is -2.58. The fourth-order valence-electron chi connectivity index (χ4n) is 5.45. The highest BCUT2D eigenvalue weighted by molar-refractivity contribution is 6.91. The summed E-state index contributed by atoms with van der Waals surface area (Å²) in [5, 5.41) is 0. The molecular formula is C30H26BN3. The molecule has 0 bridgehead atoms. The normalized spacial score (nSPS) is 12.6. The van der Waals surface area contributed by atoms with Crippen molar-refractivity contribution in [3.63, 3.8) is 0 Å². The summed E-state index contributed by atoms with van der Waals surface area (Å²) in [5.41, 5.74) is 14.3. The molecule has 0 radical (unpaired) electrons. The zero-order valence-electron chi connectivity index (χ0n) is 20.0. The molecule has 4 aromatic carbocycles. The molecule has 0 saturated heterocycles. The van der Waals surface area contributed by atoms with E-state index in [1.807, 2.05) is 6.20 Å². The van der Waals surface area contributed by atoms with Crippen LogP contribution in [0.15, 0.2) is 85.2 Å². The first-order chi connectivity index (χ1) is 16.5. The van der Waals surface area contributed by atoms with Gasteiger partial charge in [0.25, 0.3) is 0 Å². The molecule has 164 valence electrons. The molecule has 3 nitrogen and oxygen atoms in total. The number of benzene rings is 4. The Morgan fingerprint density at radius 1 is 0.618 bits per heavy atom. The van der Waals surface area contributed by atoms with Crippen molar-refractivity contribution in [2.45, 2.75) is 27.7 Å². The Morgan fingerprint density at radius 3 is 2.09 bits per heavy atom. The first-order valence-electron chi connectivity index (χ1n) is 11.8. The Morgan fingerprint density at radius 2 is 1.32 bits per heavy atom. The molecule has 0 amide bonds. The van der Waals surface area contributed by atoms with E-state index in [0.29, 0.717) is 0 Å². The molecule has 0 unspecified atom stereocenters. The fourth-order valence-corrected chi connectivity index (χ4v) is 5.45. The monoisotopic (exact) mass is 439 g/mol. The van der Waals surface area contributed by atoms with Crippen LogP contribution in [0.2, 0.25) is 0 Å². The summed E-state index contributed by atoms with van der Waals surface area (Å²) in [7, 11) is 0. The number of rotatable bonds is 2. The van der Waals surface area contributed by atoms with Crippen LogP contribution in [0.1, 0.15) is 22.3 Å². The fraction of sp³-hybridized carbons (Fsp3) is 0.133. The van der Waals surface area contributed by atoms with E-state index < -0.39 is 0 Å². The largest absolute Gasteiger partial charge is 0.376 e. The summed E-state index contributed by atoms with van der Waals surface area (Å²) >= 11 is 0. The van der Waals surface area contributed by atoms with Crippen molar-refractivity contribution in [1.29, 1.82) is 0 Å². The Kier molecular flexibility index (Phi) is 4.77. The van der Waals surface area contributed by atoms with Gasteiger partial charge in [-0.15, -0.1) is 0 Å². The van der Waals surface area contributed by atoms with Gasteiger partial charge in [-0.2, -0.15) is 0 Å². The van der Waals surface area contributed by atoms with Crippen LogP contribution in [0.25, 0.3) is 22.2 Å². The molecule has 0 fully saturated rings. The molecule has 6 rings (SSSR count). The van der Waals surface area contributed by atoms with Gasteiger partial charge in [-0.1, -0.05) is 66.2 Å². The molecule has 34 heavy (non-hydrogen) atoms. The molecule has 0 spiro atoms. The lowest BCUT2D eigenvalue weighted by Gasteiger charge is -2.40. The van der Waals surface area contributed by atoms with E-state index in [1.54, 1.807) is 6.20 Å². The van der Waals surface area contributed by atoms with Crippen LogP contribution in [-0.4, -0.2) is 16.8 Å². The van der Waals surface area contributed by atoms with Crippen molar-refractivity contribution in [2.24, 2.45) is 0 Å². The van der Waals surface area contributed by atoms with Gasteiger partial charge in [-0.25, -0.2) is 0 Å². The maximum Gasteiger partial charge on any atom is 0.329 e. The number of fused-ring (bicyclic) bond motifs is 5. The number of anilines is 2. The van der Waals surface area contributed by atoms with E-state index in [2.05, 4.69) is 105 Å². The van der Waals surface area contributed by atoms with Crippen LogP contribution in [-0.2, 0) is 0 Å². The second-order valence-corrected chi connectivity index (χ2v) is 9.35. The molecule has 4 heteroatoms. The van der Waals surface area contributed by atoms with Crippen LogP contribution in [0, 0.1) is 27.7 Å². The average Bonchev–Trinajstić information content (AvgIpc) is 2.84. The Bertz CT molecular complexity index is 1570. The van der Waals surface area contributed by atoms with Crippen LogP contribution in [0.5, 0.6) is 0 Å². The van der Waals surface area contributed by atoms with Crippen molar-refractivity contribution in [3.05, 3.63) is 107 Å². The predicted molar refractivity (Wildman–Crippen MR) is 144 cm³/mol. The van der Waals surface area contributed by atoms with Gasteiger partial charge in [0, 0.05) is 34.9 Å². The number of hydrogen-bond donors (Lipinski definition) is 0. The molecule has 0 N–H and O–H groups in total. The van der Waals surface area contributed by atoms with Crippen LogP contribution in [0.4, 0.5) is 11.4 Å². The summed E-state index contributed by atoms with van der Waals surface area (Å²) in [4.78, 5) is 12.1. The third-order valence-corrected chi connectivity index (χ3v) is 7.06. The molecule has 0 atom stereocenters. The van der Waals surface area contributed by atoms with Gasteiger partial charge in [-0.05, 0) is 67.4 Å². The predicted octanol–water partition coefficient (Wildman–Crippen LogP) is 5.79. The van der Waals surface area contributed by atoms with Crippen molar-refractivity contribution >= 4 is 40.2 Å². The SMILES string of the molecule is Cc1ccc2c(c1)N(c1ccccc1C)B(c1ccccc1C)c1cc(C)c3nccnc3c1-2. The van der Waals surface area contributed by atoms with Crippen LogP contribution >= 0.6 is 0 Å². The van der Waals surface area contributed by atoms with E-state index >= 15 is 0 Å². The highest BCUT2D eigenvalue weighted by Gasteiger charge is 2.39. The number of aryl methyl sites for hydroxylation is 4. The second-order valence-electron chi connectivity index (χ2n) is 9.35. The van der Waals surface area contributed by atoms with Gasteiger partial charge >= 0.3 is 6.85 Å². The lowest BCUT2D eigenvalue weighted by atomic mass is 9.44. The summed E-state index contributed by atoms with van der Waals surface area (Å²) in [6.45, 7) is 8.75. The van der Waals surface area contributed by atoms with Crippen molar-refractivity contribution in [3.8, 4) is 11.1 Å². The number of aromatic nitrogens is 2. The van der Waals surface area contributed by atoms with Gasteiger partial charge < -0.3 is 4.81 Å². The lowest BCUT2D eigenvalue weighted by molar-refractivity contribution is 1.26. The summed E-state index contributed by atoms with van der Waals surface area (Å²) in [6, 6.07) is 26.6. The van der Waals surface area contributed by atoms with Gasteiger partial charge in [0.1, 0.15) is 0 Å². The second kappa shape index (κ2) is 7.84. The van der Waals surface area contributed by atoms with Gasteiger partial charge in [0.05, 0.1) is 11.0 Å². The average molecular weight is 439 g/mol. The van der Waals surface area contributed by atoms with E-state index in [-0.39, 0.29) is 6.85 Å². The van der Waals surface area contributed by atoms with Crippen molar-refractivity contribution < 1.29 is 0 Å². The highest BCUT2D eigenvalue weighted by Crippen LogP contribution is 2.43. The van der Waals surface area contributed by atoms with Crippen LogP contribution < -0.4 is 15.7 Å². The zero-order chi connectivity index (χ0) is 23.4. The van der Waals surface area contributed by atoms with Crippen molar-refractivity contribution in [2.75, 3.05) is 4.81 Å². The maximum atomic E-state index is 4.86. The third-order valence-electron chi connectivity index (χ3n) is 7.06. The summed E-state index contributed by atoms with van der Waals surface area (Å²) in [6.07, 6.45) is 3.60. The highest BCUT2D eigenvalue weighted by atomic mass is 15.1. The topological polar surface area (TPSA) is 29.0 Å². The quantitative estimate of drug-likeness (QED) is 0.326. The molecule has 0 saturated carbocycles.